The van der Waals surface area contributed by atoms with E-state index < -0.39 is 0 Å². The van der Waals surface area contributed by atoms with E-state index in [0.717, 1.165) is 29.8 Å². The van der Waals surface area contributed by atoms with Crippen molar-refractivity contribution in [3.05, 3.63) is 52.0 Å². The molecule has 1 atom stereocenters. The maximum absolute atomic E-state index is 10.3. The third-order valence-corrected chi connectivity index (χ3v) is 6.75. The maximum Gasteiger partial charge on any atom is 0.169 e. The van der Waals surface area contributed by atoms with Gasteiger partial charge >= 0.3 is 0 Å². The number of benzene rings is 2. The summed E-state index contributed by atoms with van der Waals surface area (Å²) in [7, 11) is 0. The normalized spacial score (nSPS) is 12.5. The highest BCUT2D eigenvalue weighted by Crippen LogP contribution is 2.34. The fourth-order valence-corrected chi connectivity index (χ4v) is 4.86. The summed E-state index contributed by atoms with van der Waals surface area (Å²) in [5.41, 5.74) is 1.53. The van der Waals surface area contributed by atoms with E-state index in [1.165, 1.54) is 64.2 Å². The van der Waals surface area contributed by atoms with Gasteiger partial charge in [-0.2, -0.15) is 0 Å². The lowest BCUT2D eigenvalue weighted by molar-refractivity contribution is 0.213. The number of halogens is 2. The number of rotatable bonds is 16. The average Bonchev–Trinajstić information content (AvgIpc) is 2.77. The van der Waals surface area contributed by atoms with Crippen molar-refractivity contribution in [3.8, 4) is 11.5 Å². The van der Waals surface area contributed by atoms with Gasteiger partial charge in [-0.25, -0.2) is 0 Å². The highest BCUT2D eigenvalue weighted by atomic mass is 35.5. The van der Waals surface area contributed by atoms with E-state index in [2.05, 4.69) is 33.0 Å². The van der Waals surface area contributed by atoms with Crippen LogP contribution in [0.3, 0.4) is 0 Å². The molecule has 0 heterocycles. The highest BCUT2D eigenvalue weighted by molar-refractivity contribution is 6.35. The molecular weight excluding hydrogens is 477 g/mol. The lowest BCUT2D eigenvalue weighted by Gasteiger charge is -2.25. The Morgan fingerprint density at radius 1 is 0.800 bits per heavy atom. The summed E-state index contributed by atoms with van der Waals surface area (Å²) in [6.45, 7) is 8.52. The minimum atomic E-state index is -0.222. The molecule has 0 saturated heterocycles. The standard InChI is InChI=1S/C30H45Cl2NO2/c1-5-6-7-8-9-10-11-12-13-14-15-16-29(33-25-20-23(31)19-24(32)21-25)35-26-17-18-28(34)27(22-26)30(2,3)4/h17-22,29,33-34H,5-16H2,1-4H3. The van der Waals surface area contributed by atoms with Gasteiger partial charge in [-0.3, -0.25) is 0 Å². The lowest BCUT2D eigenvalue weighted by atomic mass is 9.86. The van der Waals surface area contributed by atoms with Crippen LogP contribution in [0.2, 0.25) is 10.0 Å². The van der Waals surface area contributed by atoms with Crippen LogP contribution in [0.5, 0.6) is 11.5 Å². The first kappa shape index (κ1) is 29.6. The van der Waals surface area contributed by atoms with Gasteiger partial charge in [0, 0.05) is 27.7 Å². The van der Waals surface area contributed by atoms with Gasteiger partial charge in [0.15, 0.2) is 6.23 Å². The minimum Gasteiger partial charge on any atom is -0.508 e. The molecule has 1 unspecified atom stereocenters. The van der Waals surface area contributed by atoms with Gasteiger partial charge < -0.3 is 15.2 Å². The third-order valence-electron chi connectivity index (χ3n) is 6.31. The van der Waals surface area contributed by atoms with E-state index in [1.807, 2.05) is 24.3 Å². The molecule has 0 aromatic heterocycles. The molecular formula is C30H45Cl2NO2. The van der Waals surface area contributed by atoms with Gasteiger partial charge in [-0.1, -0.05) is 115 Å². The Balaban J connectivity index is 1.90. The second-order valence-electron chi connectivity index (χ2n) is 10.7. The van der Waals surface area contributed by atoms with Crippen LogP contribution < -0.4 is 10.1 Å². The number of phenols is 1. The first-order valence-corrected chi connectivity index (χ1v) is 14.2. The van der Waals surface area contributed by atoms with Gasteiger partial charge in [0.2, 0.25) is 0 Å². The largest absolute Gasteiger partial charge is 0.508 e. The predicted octanol–water partition coefficient (Wildman–Crippen LogP) is 10.5. The molecule has 35 heavy (non-hydrogen) atoms. The van der Waals surface area contributed by atoms with Crippen molar-refractivity contribution in [3.63, 3.8) is 0 Å². The number of aromatic hydroxyl groups is 1. The van der Waals surface area contributed by atoms with E-state index in [-0.39, 0.29) is 11.6 Å². The third kappa shape index (κ3) is 11.8. The van der Waals surface area contributed by atoms with E-state index >= 15 is 0 Å². The van der Waals surface area contributed by atoms with Crippen LogP contribution in [0, 0.1) is 0 Å². The minimum absolute atomic E-state index is 0.178. The monoisotopic (exact) mass is 521 g/mol. The molecule has 0 spiro atoms. The first-order valence-electron chi connectivity index (χ1n) is 13.4. The number of phenolic OH excluding ortho intramolecular Hbond substituents is 1. The van der Waals surface area contributed by atoms with Gasteiger partial charge in [0.05, 0.1) is 0 Å². The number of ether oxygens (including phenoxy) is 1. The molecule has 2 aromatic carbocycles. The van der Waals surface area contributed by atoms with E-state index in [4.69, 9.17) is 27.9 Å². The molecule has 0 saturated carbocycles. The summed E-state index contributed by atoms with van der Waals surface area (Å²) in [4.78, 5) is 0. The molecule has 0 aliphatic carbocycles. The zero-order valence-electron chi connectivity index (χ0n) is 22.1. The van der Waals surface area contributed by atoms with Gasteiger partial charge in [-0.05, 0) is 48.2 Å². The van der Waals surface area contributed by atoms with Crippen LogP contribution in [0.15, 0.2) is 36.4 Å². The summed E-state index contributed by atoms with van der Waals surface area (Å²) in [6.07, 6.45) is 15.0. The summed E-state index contributed by atoms with van der Waals surface area (Å²) in [6, 6.07) is 10.9. The Morgan fingerprint density at radius 3 is 1.89 bits per heavy atom. The SMILES string of the molecule is CCCCCCCCCCCCCC(Nc1cc(Cl)cc(Cl)c1)Oc1ccc(O)c(C(C)(C)C)c1. The fourth-order valence-electron chi connectivity index (χ4n) is 4.33. The summed E-state index contributed by atoms with van der Waals surface area (Å²) >= 11 is 12.4. The summed E-state index contributed by atoms with van der Waals surface area (Å²) in [5.74, 6) is 1.03. The molecule has 196 valence electrons. The molecule has 2 rings (SSSR count). The van der Waals surface area contributed by atoms with Crippen LogP contribution in [0.4, 0.5) is 5.69 Å². The highest BCUT2D eigenvalue weighted by Gasteiger charge is 2.20. The van der Waals surface area contributed by atoms with E-state index in [0.29, 0.717) is 15.8 Å². The summed E-state index contributed by atoms with van der Waals surface area (Å²) < 4.78 is 6.37. The number of unbranched alkanes of at least 4 members (excludes halogenated alkanes) is 10. The van der Waals surface area contributed by atoms with Crippen molar-refractivity contribution >= 4 is 28.9 Å². The first-order chi connectivity index (χ1) is 16.7. The van der Waals surface area contributed by atoms with E-state index in [1.54, 1.807) is 12.1 Å². The van der Waals surface area contributed by atoms with Crippen molar-refractivity contribution < 1.29 is 9.84 Å². The van der Waals surface area contributed by atoms with Crippen molar-refractivity contribution in [2.24, 2.45) is 0 Å². The molecule has 0 radical (unpaired) electrons. The van der Waals surface area contributed by atoms with Crippen LogP contribution in [-0.4, -0.2) is 11.3 Å². The maximum atomic E-state index is 10.3. The van der Waals surface area contributed by atoms with Gasteiger partial charge in [-0.15, -0.1) is 0 Å². The van der Waals surface area contributed by atoms with Gasteiger partial charge in [0.1, 0.15) is 11.5 Å². The van der Waals surface area contributed by atoms with Crippen molar-refractivity contribution in [1.82, 2.24) is 0 Å². The topological polar surface area (TPSA) is 41.5 Å². The van der Waals surface area contributed by atoms with Crippen LogP contribution >= 0.6 is 23.2 Å². The predicted molar refractivity (Wildman–Crippen MR) is 152 cm³/mol. The zero-order chi connectivity index (χ0) is 25.7. The van der Waals surface area contributed by atoms with E-state index in [9.17, 15) is 5.11 Å². The molecule has 2 N–H and O–H groups in total. The zero-order valence-corrected chi connectivity index (χ0v) is 23.6. The average molecular weight is 523 g/mol. The Labute approximate surface area is 223 Å². The smallest absolute Gasteiger partial charge is 0.169 e. The molecule has 0 bridgehead atoms. The summed E-state index contributed by atoms with van der Waals surface area (Å²) in [5, 5.41) is 15.0. The molecule has 2 aromatic rings. The van der Waals surface area contributed by atoms with Crippen molar-refractivity contribution in [2.75, 3.05) is 5.32 Å². The molecule has 0 aliphatic rings. The number of hydrogen-bond donors (Lipinski definition) is 2. The molecule has 0 fully saturated rings. The molecule has 5 heteroatoms. The Hall–Kier alpha value is -1.58. The molecule has 3 nitrogen and oxygen atoms in total. The fraction of sp³-hybridized carbons (Fsp3) is 0.600. The number of anilines is 1. The molecule has 0 aliphatic heterocycles. The molecule has 0 amide bonds. The second kappa shape index (κ2) is 15.5. The Bertz CT molecular complexity index is 859. The Kier molecular flexibility index (Phi) is 13.1. The van der Waals surface area contributed by atoms with Crippen molar-refractivity contribution in [2.45, 2.75) is 116 Å². The van der Waals surface area contributed by atoms with Crippen LogP contribution in [0.1, 0.15) is 110 Å². The van der Waals surface area contributed by atoms with Crippen molar-refractivity contribution in [1.29, 1.82) is 0 Å². The number of nitrogens with one attached hydrogen (secondary N) is 1. The lowest BCUT2D eigenvalue weighted by Crippen LogP contribution is -2.26. The quantitative estimate of drug-likeness (QED) is 0.170. The Morgan fingerprint density at radius 2 is 1.34 bits per heavy atom. The second-order valence-corrected chi connectivity index (χ2v) is 11.5. The van der Waals surface area contributed by atoms with Gasteiger partial charge in [0.25, 0.3) is 0 Å². The number of hydrogen-bond acceptors (Lipinski definition) is 3. The van der Waals surface area contributed by atoms with Crippen LogP contribution in [-0.2, 0) is 5.41 Å². The van der Waals surface area contributed by atoms with Crippen LogP contribution in [0.25, 0.3) is 0 Å².